The highest BCUT2D eigenvalue weighted by Gasteiger charge is 2.21. The molecule has 0 spiro atoms. The molecule has 2 rings (SSSR count). The summed E-state index contributed by atoms with van der Waals surface area (Å²) >= 11 is 0. The van der Waals surface area contributed by atoms with E-state index in [2.05, 4.69) is 4.99 Å². The number of rotatable bonds is 0. The Morgan fingerprint density at radius 3 is 2.64 bits per heavy atom. The highest BCUT2D eigenvalue weighted by molar-refractivity contribution is 5.84. The quantitative estimate of drug-likeness (QED) is 0.597. The first kappa shape index (κ1) is 9.38. The molecular weight excluding hydrogens is 177 g/mol. The fraction of sp³-hybridized carbons (Fsp3) is 0.417. The molecule has 0 atom stereocenters. The Balaban J connectivity index is 2.56. The van der Waals surface area contributed by atoms with E-state index >= 15 is 0 Å². The summed E-state index contributed by atoms with van der Waals surface area (Å²) in [7, 11) is 0. The summed E-state index contributed by atoms with van der Waals surface area (Å²) in [5.74, 6) is -0.121. The van der Waals surface area contributed by atoms with Crippen molar-refractivity contribution in [2.24, 2.45) is 4.99 Å². The van der Waals surface area contributed by atoms with Gasteiger partial charge in [0.2, 0.25) is 0 Å². The highest BCUT2D eigenvalue weighted by atomic mass is 19.1. The van der Waals surface area contributed by atoms with Crippen LogP contribution in [-0.2, 0) is 12.0 Å². The van der Waals surface area contributed by atoms with Crippen molar-refractivity contribution in [1.82, 2.24) is 0 Å². The van der Waals surface area contributed by atoms with Gasteiger partial charge < -0.3 is 0 Å². The molecule has 2 heteroatoms. The molecule has 0 aromatic heterocycles. The molecule has 0 saturated carbocycles. The monoisotopic (exact) mass is 191 g/mol. The maximum absolute atomic E-state index is 13.7. The van der Waals surface area contributed by atoms with Crippen molar-refractivity contribution in [3.63, 3.8) is 0 Å². The van der Waals surface area contributed by atoms with E-state index < -0.39 is 0 Å². The largest absolute Gasteiger partial charge is 0.288 e. The van der Waals surface area contributed by atoms with E-state index in [1.165, 1.54) is 0 Å². The topological polar surface area (TPSA) is 12.4 Å². The predicted octanol–water partition coefficient (Wildman–Crippen LogP) is 3.06. The van der Waals surface area contributed by atoms with E-state index in [0.717, 1.165) is 16.7 Å². The summed E-state index contributed by atoms with van der Waals surface area (Å²) in [6.45, 7) is 6.76. The van der Waals surface area contributed by atoms with Gasteiger partial charge in [-0.2, -0.15) is 0 Å². The molecular formula is C12H14FN. The summed E-state index contributed by atoms with van der Waals surface area (Å²) in [5, 5.41) is 0. The van der Waals surface area contributed by atoms with Crippen LogP contribution in [0.5, 0.6) is 0 Å². The fourth-order valence-corrected chi connectivity index (χ4v) is 1.71. The lowest BCUT2D eigenvalue weighted by Crippen LogP contribution is -2.14. The minimum atomic E-state index is -0.137. The fourth-order valence-electron chi connectivity index (χ4n) is 1.71. The average Bonchev–Trinajstić information content (AvgIpc) is 2.47. The normalized spacial score (nSPS) is 14.6. The maximum atomic E-state index is 13.7. The molecule has 1 nitrogen and oxygen atoms in total. The molecule has 0 fully saturated rings. The van der Waals surface area contributed by atoms with Crippen molar-refractivity contribution in [1.29, 1.82) is 0 Å². The van der Waals surface area contributed by atoms with Crippen molar-refractivity contribution < 1.29 is 4.39 Å². The molecule has 1 aliphatic heterocycles. The molecule has 0 aliphatic carbocycles. The molecule has 0 amide bonds. The third-order valence-electron chi connectivity index (χ3n) is 2.53. The van der Waals surface area contributed by atoms with Crippen molar-refractivity contribution in [3.8, 4) is 0 Å². The van der Waals surface area contributed by atoms with Crippen LogP contribution in [0.3, 0.4) is 0 Å². The van der Waals surface area contributed by atoms with Crippen molar-refractivity contribution in [3.05, 3.63) is 34.6 Å². The van der Waals surface area contributed by atoms with E-state index in [9.17, 15) is 4.39 Å². The number of aliphatic imine (C=N–C) groups is 1. The molecule has 0 radical (unpaired) electrons. The first-order chi connectivity index (χ1) is 6.48. The minimum absolute atomic E-state index is 0.121. The lowest BCUT2D eigenvalue weighted by atomic mass is 9.85. The number of nitrogens with zero attached hydrogens (tertiary/aromatic N) is 1. The van der Waals surface area contributed by atoms with Gasteiger partial charge in [0.1, 0.15) is 5.82 Å². The SMILES string of the molecule is CC(C)(C)c1cc2c(cc1F)C=NC2. The van der Waals surface area contributed by atoms with Crippen LogP contribution in [0.15, 0.2) is 17.1 Å². The second-order valence-electron chi connectivity index (χ2n) is 4.75. The van der Waals surface area contributed by atoms with Crippen LogP contribution in [0.4, 0.5) is 4.39 Å². The molecule has 0 N–H and O–H groups in total. The lowest BCUT2D eigenvalue weighted by Gasteiger charge is -2.20. The van der Waals surface area contributed by atoms with Gasteiger partial charge in [-0.1, -0.05) is 20.8 Å². The molecule has 0 bridgehead atoms. The van der Waals surface area contributed by atoms with Gasteiger partial charge in [0.05, 0.1) is 6.54 Å². The van der Waals surface area contributed by atoms with Crippen LogP contribution in [-0.4, -0.2) is 6.21 Å². The van der Waals surface area contributed by atoms with Gasteiger partial charge in [-0.15, -0.1) is 0 Å². The average molecular weight is 191 g/mol. The Labute approximate surface area is 83.7 Å². The summed E-state index contributed by atoms with van der Waals surface area (Å²) in [4.78, 5) is 4.12. The summed E-state index contributed by atoms with van der Waals surface area (Å²) in [6.07, 6.45) is 1.74. The molecule has 1 aromatic rings. The molecule has 74 valence electrons. The van der Waals surface area contributed by atoms with Crippen molar-refractivity contribution in [2.45, 2.75) is 32.7 Å². The van der Waals surface area contributed by atoms with Crippen molar-refractivity contribution >= 4 is 6.21 Å². The third kappa shape index (κ3) is 1.45. The van der Waals surface area contributed by atoms with Gasteiger partial charge in [0.15, 0.2) is 0 Å². The zero-order valence-electron chi connectivity index (χ0n) is 8.76. The van der Waals surface area contributed by atoms with Crippen LogP contribution < -0.4 is 0 Å². The van der Waals surface area contributed by atoms with Gasteiger partial charge in [0, 0.05) is 11.8 Å². The van der Waals surface area contributed by atoms with Crippen LogP contribution in [0, 0.1) is 5.82 Å². The molecule has 1 aliphatic rings. The van der Waals surface area contributed by atoms with Gasteiger partial charge >= 0.3 is 0 Å². The summed E-state index contributed by atoms with van der Waals surface area (Å²) < 4.78 is 13.7. The molecule has 1 heterocycles. The molecule has 1 aromatic carbocycles. The molecule has 14 heavy (non-hydrogen) atoms. The van der Waals surface area contributed by atoms with Crippen LogP contribution >= 0.6 is 0 Å². The van der Waals surface area contributed by atoms with Crippen LogP contribution in [0.25, 0.3) is 0 Å². The van der Waals surface area contributed by atoms with Gasteiger partial charge in [-0.3, -0.25) is 4.99 Å². The number of fused-ring (bicyclic) bond motifs is 1. The zero-order chi connectivity index (χ0) is 10.3. The number of hydrogen-bond acceptors (Lipinski definition) is 1. The van der Waals surface area contributed by atoms with E-state index in [0.29, 0.717) is 6.54 Å². The first-order valence-electron chi connectivity index (χ1n) is 4.81. The Morgan fingerprint density at radius 1 is 1.29 bits per heavy atom. The van der Waals surface area contributed by atoms with Crippen molar-refractivity contribution in [2.75, 3.05) is 0 Å². The standard InChI is InChI=1S/C12H14FN/c1-12(2,3)10-4-8-6-14-7-9(8)5-11(10)13/h4-5,7H,6H2,1-3H3. The van der Waals surface area contributed by atoms with Gasteiger partial charge in [-0.05, 0) is 28.7 Å². The van der Waals surface area contributed by atoms with Gasteiger partial charge in [0.25, 0.3) is 0 Å². The lowest BCUT2D eigenvalue weighted by molar-refractivity contribution is 0.522. The Hall–Kier alpha value is -1.18. The smallest absolute Gasteiger partial charge is 0.127 e. The first-order valence-corrected chi connectivity index (χ1v) is 4.81. The van der Waals surface area contributed by atoms with Gasteiger partial charge in [-0.25, -0.2) is 4.39 Å². The van der Waals surface area contributed by atoms with E-state index in [1.54, 1.807) is 12.3 Å². The number of hydrogen-bond donors (Lipinski definition) is 0. The summed E-state index contributed by atoms with van der Waals surface area (Å²) in [6, 6.07) is 3.53. The van der Waals surface area contributed by atoms with E-state index in [4.69, 9.17) is 0 Å². The Kier molecular flexibility index (Phi) is 1.95. The summed E-state index contributed by atoms with van der Waals surface area (Å²) in [5.41, 5.74) is 2.70. The number of halogens is 1. The molecule has 0 unspecified atom stereocenters. The van der Waals surface area contributed by atoms with E-state index in [-0.39, 0.29) is 11.2 Å². The maximum Gasteiger partial charge on any atom is 0.127 e. The Bertz CT molecular complexity index is 400. The third-order valence-corrected chi connectivity index (χ3v) is 2.53. The predicted molar refractivity (Wildman–Crippen MR) is 56.4 cm³/mol. The van der Waals surface area contributed by atoms with Crippen LogP contribution in [0.1, 0.15) is 37.5 Å². The second-order valence-corrected chi connectivity index (χ2v) is 4.75. The van der Waals surface area contributed by atoms with Crippen LogP contribution in [0.2, 0.25) is 0 Å². The molecule has 0 saturated heterocycles. The number of benzene rings is 1. The van der Waals surface area contributed by atoms with E-state index in [1.807, 2.05) is 26.8 Å². The second kappa shape index (κ2) is 2.91. The minimum Gasteiger partial charge on any atom is -0.288 e. The Morgan fingerprint density at radius 2 is 2.00 bits per heavy atom. The highest BCUT2D eigenvalue weighted by Crippen LogP contribution is 2.28. The zero-order valence-corrected chi connectivity index (χ0v) is 8.76.